The molecule has 2 bridgehead atoms. The van der Waals surface area contributed by atoms with Crippen LogP contribution in [0.25, 0.3) is 0 Å². The van der Waals surface area contributed by atoms with Crippen LogP contribution >= 0.6 is 0 Å². The fourth-order valence-corrected chi connectivity index (χ4v) is 6.32. The average molecular weight is 491 g/mol. The molecular formula is C27H42N2O6. The minimum absolute atomic E-state index is 0.0986. The highest BCUT2D eigenvalue weighted by Crippen LogP contribution is 2.64. The number of carbonyl (C=O) groups excluding carboxylic acids is 3. The number of likely N-dealkylation sites (tertiary alicyclic amines) is 1. The molecule has 0 aliphatic carbocycles. The van der Waals surface area contributed by atoms with E-state index in [2.05, 4.69) is 13.2 Å². The smallest absolute Gasteiger partial charge is 0.312 e. The van der Waals surface area contributed by atoms with Crippen LogP contribution in [0.3, 0.4) is 0 Å². The normalized spacial score (nSPS) is 32.2. The van der Waals surface area contributed by atoms with Crippen LogP contribution in [0.2, 0.25) is 0 Å². The van der Waals surface area contributed by atoms with E-state index >= 15 is 0 Å². The molecule has 0 saturated carbocycles. The number of carbonyl (C=O) groups is 3. The predicted molar refractivity (Wildman–Crippen MR) is 132 cm³/mol. The number of aliphatic hydroxyl groups is 1. The van der Waals surface area contributed by atoms with Crippen LogP contribution < -0.4 is 0 Å². The first kappa shape index (κ1) is 27.4. The van der Waals surface area contributed by atoms with Gasteiger partial charge in [-0.3, -0.25) is 14.4 Å². The quantitative estimate of drug-likeness (QED) is 0.257. The summed E-state index contributed by atoms with van der Waals surface area (Å²) < 4.78 is 12.2. The molecule has 0 aromatic rings. The standard InChI is InChI=1S/C27H42N2O6/c1-8-10-11-15-34-25(33)21-20-23(31)29(19(16-30)17(3)4)22(24(32)28(14-9-2)18(5)6)27(20)13-12-26(21,7)35-27/h8-9,17-22,30H,1-2,10-16H2,3-7H3/t19-,20-,21+,22?,26-,27?/m0/s1. The molecule has 8 nitrogen and oxygen atoms in total. The van der Waals surface area contributed by atoms with E-state index in [9.17, 15) is 19.5 Å². The van der Waals surface area contributed by atoms with Crippen molar-refractivity contribution in [3.05, 3.63) is 25.3 Å². The van der Waals surface area contributed by atoms with E-state index in [1.165, 1.54) is 4.90 Å². The fraction of sp³-hybridized carbons (Fsp3) is 0.741. The van der Waals surface area contributed by atoms with Crippen molar-refractivity contribution in [2.45, 2.75) is 89.6 Å². The van der Waals surface area contributed by atoms with Crippen molar-refractivity contribution in [2.75, 3.05) is 19.8 Å². The Kier molecular flexibility index (Phi) is 8.16. The summed E-state index contributed by atoms with van der Waals surface area (Å²) in [4.78, 5) is 44.8. The second-order valence-electron chi connectivity index (χ2n) is 10.9. The third-order valence-corrected chi connectivity index (χ3v) is 8.05. The van der Waals surface area contributed by atoms with Crippen molar-refractivity contribution in [1.82, 2.24) is 9.80 Å². The number of aliphatic hydroxyl groups excluding tert-OH is 1. The molecule has 3 aliphatic heterocycles. The lowest BCUT2D eigenvalue weighted by atomic mass is 9.66. The molecule has 196 valence electrons. The number of nitrogens with zero attached hydrogens (tertiary/aromatic N) is 2. The Hall–Kier alpha value is -2.19. The van der Waals surface area contributed by atoms with Gasteiger partial charge in [0.2, 0.25) is 11.8 Å². The maximum Gasteiger partial charge on any atom is 0.312 e. The highest BCUT2D eigenvalue weighted by atomic mass is 16.6. The maximum absolute atomic E-state index is 14.1. The van der Waals surface area contributed by atoms with E-state index in [4.69, 9.17) is 9.47 Å². The summed E-state index contributed by atoms with van der Waals surface area (Å²) in [5.74, 6) is -2.73. The van der Waals surface area contributed by atoms with Gasteiger partial charge in [-0.25, -0.2) is 0 Å². The number of esters is 1. The first-order chi connectivity index (χ1) is 16.5. The average Bonchev–Trinajstić information content (AvgIpc) is 3.36. The second-order valence-corrected chi connectivity index (χ2v) is 10.9. The van der Waals surface area contributed by atoms with Gasteiger partial charge in [-0.1, -0.05) is 26.0 Å². The Morgan fingerprint density at radius 3 is 2.49 bits per heavy atom. The Balaban J connectivity index is 2.07. The molecule has 0 aromatic heterocycles. The van der Waals surface area contributed by atoms with Gasteiger partial charge in [0, 0.05) is 12.6 Å². The van der Waals surface area contributed by atoms with Gasteiger partial charge in [0.05, 0.1) is 30.8 Å². The fourth-order valence-electron chi connectivity index (χ4n) is 6.32. The molecule has 1 N–H and O–H groups in total. The minimum atomic E-state index is -1.13. The lowest BCUT2D eigenvalue weighted by molar-refractivity contribution is -0.163. The van der Waals surface area contributed by atoms with Crippen LogP contribution in [0.15, 0.2) is 25.3 Å². The highest BCUT2D eigenvalue weighted by molar-refractivity contribution is 5.98. The van der Waals surface area contributed by atoms with Crippen molar-refractivity contribution in [2.24, 2.45) is 17.8 Å². The van der Waals surface area contributed by atoms with Crippen molar-refractivity contribution >= 4 is 17.8 Å². The highest BCUT2D eigenvalue weighted by Gasteiger charge is 2.79. The molecule has 3 saturated heterocycles. The Labute approximate surface area is 209 Å². The van der Waals surface area contributed by atoms with E-state index in [0.717, 1.165) is 6.42 Å². The van der Waals surface area contributed by atoms with Crippen LogP contribution in [-0.4, -0.2) is 81.8 Å². The molecule has 3 heterocycles. The van der Waals surface area contributed by atoms with Gasteiger partial charge in [-0.05, 0) is 52.4 Å². The number of fused-ring (bicyclic) bond motifs is 1. The predicted octanol–water partition coefficient (Wildman–Crippen LogP) is 2.70. The lowest BCUT2D eigenvalue weighted by Crippen LogP contribution is -2.60. The molecule has 3 aliphatic rings. The van der Waals surface area contributed by atoms with Crippen LogP contribution in [0.4, 0.5) is 0 Å². The molecule has 35 heavy (non-hydrogen) atoms. The molecule has 2 unspecified atom stereocenters. The van der Waals surface area contributed by atoms with E-state index in [1.54, 1.807) is 17.1 Å². The Morgan fingerprint density at radius 1 is 1.26 bits per heavy atom. The number of hydrogen-bond acceptors (Lipinski definition) is 6. The number of ether oxygens (including phenoxy) is 2. The molecular weight excluding hydrogens is 448 g/mol. The third-order valence-electron chi connectivity index (χ3n) is 8.05. The van der Waals surface area contributed by atoms with Gasteiger partial charge in [-0.15, -0.1) is 13.2 Å². The molecule has 0 aromatic carbocycles. The Bertz CT molecular complexity index is 857. The van der Waals surface area contributed by atoms with Crippen LogP contribution in [0.1, 0.15) is 60.3 Å². The second kappa shape index (κ2) is 10.4. The van der Waals surface area contributed by atoms with Gasteiger partial charge < -0.3 is 24.4 Å². The third kappa shape index (κ3) is 4.44. The monoisotopic (exact) mass is 490 g/mol. The van der Waals surface area contributed by atoms with E-state index < -0.39 is 41.1 Å². The molecule has 1 spiro atoms. The molecule has 2 amide bonds. The first-order valence-electron chi connectivity index (χ1n) is 12.8. The number of rotatable bonds is 12. The van der Waals surface area contributed by atoms with Gasteiger partial charge in [0.25, 0.3) is 0 Å². The number of amides is 2. The SMILES string of the molecule is C=CCCCOC(=O)[C@H]1[C@H]2C(=O)N([C@@H](CO)C(C)C)C(C(=O)N(CC=C)C(C)C)C23CC[C@]1(C)O3. The summed E-state index contributed by atoms with van der Waals surface area (Å²) in [6.45, 7) is 17.3. The van der Waals surface area contributed by atoms with Gasteiger partial charge >= 0.3 is 5.97 Å². The van der Waals surface area contributed by atoms with E-state index in [-0.39, 0.29) is 37.0 Å². The van der Waals surface area contributed by atoms with Crippen molar-refractivity contribution in [3.63, 3.8) is 0 Å². The Morgan fingerprint density at radius 2 is 1.94 bits per heavy atom. The van der Waals surface area contributed by atoms with Crippen molar-refractivity contribution < 1.29 is 29.0 Å². The summed E-state index contributed by atoms with van der Waals surface area (Å²) in [6, 6.07) is -1.63. The lowest BCUT2D eigenvalue weighted by Gasteiger charge is -2.41. The first-order valence-corrected chi connectivity index (χ1v) is 12.8. The van der Waals surface area contributed by atoms with Crippen LogP contribution in [0.5, 0.6) is 0 Å². The topological polar surface area (TPSA) is 96.4 Å². The molecule has 6 atom stereocenters. The zero-order chi connectivity index (χ0) is 26.1. The summed E-state index contributed by atoms with van der Waals surface area (Å²) >= 11 is 0. The van der Waals surface area contributed by atoms with Gasteiger partial charge in [0.15, 0.2) is 0 Å². The molecule has 0 radical (unpaired) electrons. The summed E-state index contributed by atoms with van der Waals surface area (Å²) in [6.07, 6.45) is 5.85. The molecule has 8 heteroatoms. The van der Waals surface area contributed by atoms with Gasteiger partial charge in [-0.2, -0.15) is 0 Å². The van der Waals surface area contributed by atoms with Crippen molar-refractivity contribution in [1.29, 1.82) is 0 Å². The summed E-state index contributed by atoms with van der Waals surface area (Å²) in [5.41, 5.74) is -2.02. The van der Waals surface area contributed by atoms with E-state index in [0.29, 0.717) is 25.8 Å². The number of hydrogen-bond donors (Lipinski definition) is 1. The molecule has 3 fully saturated rings. The maximum atomic E-state index is 14.1. The number of allylic oxidation sites excluding steroid dienone is 1. The number of unbranched alkanes of at least 4 members (excludes halogenated alkanes) is 1. The van der Waals surface area contributed by atoms with E-state index in [1.807, 2.05) is 34.6 Å². The van der Waals surface area contributed by atoms with Gasteiger partial charge in [0.1, 0.15) is 17.6 Å². The zero-order valence-corrected chi connectivity index (χ0v) is 21.9. The minimum Gasteiger partial charge on any atom is -0.465 e. The van der Waals surface area contributed by atoms with Crippen LogP contribution in [0, 0.1) is 17.8 Å². The largest absolute Gasteiger partial charge is 0.465 e. The summed E-state index contributed by atoms with van der Waals surface area (Å²) in [5, 5.41) is 10.3. The zero-order valence-electron chi connectivity index (χ0n) is 21.9. The van der Waals surface area contributed by atoms with Crippen molar-refractivity contribution in [3.8, 4) is 0 Å². The van der Waals surface area contributed by atoms with Crippen LogP contribution in [-0.2, 0) is 23.9 Å². The molecule has 3 rings (SSSR count). The summed E-state index contributed by atoms with van der Waals surface area (Å²) in [7, 11) is 0.